The summed E-state index contributed by atoms with van der Waals surface area (Å²) in [7, 11) is 1.25. The molecule has 1 saturated heterocycles. The van der Waals surface area contributed by atoms with E-state index >= 15 is 0 Å². The predicted octanol–water partition coefficient (Wildman–Crippen LogP) is 0.381. The highest BCUT2D eigenvalue weighted by atomic mass is 16.5. The average molecular weight is 397 g/mol. The predicted molar refractivity (Wildman–Crippen MR) is 110 cm³/mol. The minimum atomic E-state index is -0.907. The number of nitrogens with two attached hydrogens (primary N) is 1. The van der Waals surface area contributed by atoms with Crippen molar-refractivity contribution in [1.29, 1.82) is 0 Å². The van der Waals surface area contributed by atoms with E-state index in [2.05, 4.69) is 45.6 Å². The summed E-state index contributed by atoms with van der Waals surface area (Å²) < 4.78 is 10.0. The van der Waals surface area contributed by atoms with E-state index < -0.39 is 24.0 Å². The van der Waals surface area contributed by atoms with E-state index in [1.54, 1.807) is 31.2 Å². The summed E-state index contributed by atoms with van der Waals surface area (Å²) in [4.78, 5) is 26.3. The van der Waals surface area contributed by atoms with Crippen molar-refractivity contribution in [2.75, 3.05) is 33.4 Å². The molecule has 0 aliphatic carbocycles. The Balaban J connectivity index is 1.95. The Bertz CT molecular complexity index is 822. The van der Waals surface area contributed by atoms with Gasteiger partial charge in [0.2, 0.25) is 0 Å². The minimum Gasteiger partial charge on any atom is -0.467 e. The van der Waals surface area contributed by atoms with Gasteiger partial charge in [-0.15, -0.1) is 0 Å². The number of morpholine rings is 1. The Morgan fingerprint density at radius 2 is 1.83 bits per heavy atom. The van der Waals surface area contributed by atoms with E-state index in [-0.39, 0.29) is 6.04 Å². The molecule has 1 aromatic carbocycles. The van der Waals surface area contributed by atoms with Crippen molar-refractivity contribution in [2.45, 2.75) is 32.0 Å². The van der Waals surface area contributed by atoms with Crippen molar-refractivity contribution < 1.29 is 19.1 Å². The lowest BCUT2D eigenvalue weighted by Crippen LogP contribution is -2.51. The number of hydrogen-bond acceptors (Lipinski definition) is 6. The first-order valence-corrected chi connectivity index (χ1v) is 9.50. The molecule has 154 valence electrons. The third kappa shape index (κ3) is 6.92. The number of methoxy groups -OCH3 is 1. The molecule has 0 saturated carbocycles. The van der Waals surface area contributed by atoms with E-state index in [9.17, 15) is 9.59 Å². The van der Waals surface area contributed by atoms with Crippen LogP contribution in [0.2, 0.25) is 0 Å². The molecule has 1 aliphatic heterocycles. The first kappa shape index (κ1) is 22.4. The molecule has 29 heavy (non-hydrogen) atoms. The molecule has 0 radical (unpaired) electrons. The fourth-order valence-electron chi connectivity index (χ4n) is 2.76. The summed E-state index contributed by atoms with van der Waals surface area (Å²) in [6, 6.07) is 5.39. The largest absolute Gasteiger partial charge is 0.467 e. The first-order valence-electron chi connectivity index (χ1n) is 9.50. The number of nitrogens with one attached hydrogen (secondary N) is 1. The molecule has 7 nitrogen and oxygen atoms in total. The Kier molecular flexibility index (Phi) is 8.69. The van der Waals surface area contributed by atoms with Gasteiger partial charge in [-0.25, -0.2) is 4.79 Å². The molecule has 0 aromatic heterocycles. The SMILES string of the molecule is COC(=O)[C@@H](NC(=O)c1ccc(C#CC#C[C@@H](C)N2CCOCC2)cc1)[C@@H](C)N. The molecule has 7 heteroatoms. The number of benzene rings is 1. The number of amides is 1. The van der Waals surface area contributed by atoms with Gasteiger partial charge in [0.05, 0.1) is 26.4 Å². The molecule has 0 bridgehead atoms. The third-order valence-electron chi connectivity index (χ3n) is 4.56. The van der Waals surface area contributed by atoms with Gasteiger partial charge in [-0.3, -0.25) is 9.69 Å². The fourth-order valence-corrected chi connectivity index (χ4v) is 2.76. The number of nitrogens with zero attached hydrogens (tertiary/aromatic N) is 1. The number of rotatable bonds is 5. The Morgan fingerprint density at radius 3 is 2.41 bits per heavy atom. The van der Waals surface area contributed by atoms with Gasteiger partial charge in [-0.05, 0) is 50.0 Å². The molecule has 1 aromatic rings. The van der Waals surface area contributed by atoms with Crippen molar-refractivity contribution in [3.63, 3.8) is 0 Å². The molecule has 1 aliphatic rings. The molecule has 1 heterocycles. The van der Waals surface area contributed by atoms with Crippen LogP contribution in [0.5, 0.6) is 0 Å². The number of carbonyl (C=O) groups excluding carboxylic acids is 2. The second-order valence-corrected chi connectivity index (χ2v) is 6.75. The monoisotopic (exact) mass is 397 g/mol. The van der Waals surface area contributed by atoms with Crippen molar-refractivity contribution >= 4 is 11.9 Å². The minimum absolute atomic E-state index is 0.131. The van der Waals surface area contributed by atoms with Crippen LogP contribution >= 0.6 is 0 Å². The number of carbonyl (C=O) groups is 2. The third-order valence-corrected chi connectivity index (χ3v) is 4.56. The maximum Gasteiger partial charge on any atom is 0.329 e. The molecular weight excluding hydrogens is 370 g/mol. The second-order valence-electron chi connectivity index (χ2n) is 6.75. The van der Waals surface area contributed by atoms with Gasteiger partial charge < -0.3 is 20.5 Å². The molecule has 1 amide bonds. The van der Waals surface area contributed by atoms with E-state index in [4.69, 9.17) is 10.5 Å². The van der Waals surface area contributed by atoms with E-state index in [0.717, 1.165) is 31.9 Å². The average Bonchev–Trinajstić information content (AvgIpc) is 2.75. The van der Waals surface area contributed by atoms with Crippen LogP contribution < -0.4 is 11.1 Å². The quantitative estimate of drug-likeness (QED) is 0.551. The van der Waals surface area contributed by atoms with Crippen LogP contribution in [0.3, 0.4) is 0 Å². The number of esters is 1. The van der Waals surface area contributed by atoms with E-state index in [1.807, 2.05) is 0 Å². The van der Waals surface area contributed by atoms with Crippen molar-refractivity contribution in [2.24, 2.45) is 5.73 Å². The van der Waals surface area contributed by atoms with Crippen LogP contribution in [0.25, 0.3) is 0 Å². The van der Waals surface area contributed by atoms with Gasteiger partial charge in [-0.1, -0.05) is 11.8 Å². The van der Waals surface area contributed by atoms with Crippen LogP contribution in [0.15, 0.2) is 24.3 Å². The van der Waals surface area contributed by atoms with Gasteiger partial charge in [0.1, 0.15) is 6.04 Å². The van der Waals surface area contributed by atoms with Crippen LogP contribution in [0, 0.1) is 23.7 Å². The summed E-state index contributed by atoms with van der Waals surface area (Å²) >= 11 is 0. The zero-order valence-corrected chi connectivity index (χ0v) is 17.0. The van der Waals surface area contributed by atoms with Crippen molar-refractivity contribution in [3.05, 3.63) is 35.4 Å². The highest BCUT2D eigenvalue weighted by Gasteiger charge is 2.25. The van der Waals surface area contributed by atoms with Crippen LogP contribution in [0.1, 0.15) is 29.8 Å². The molecule has 0 unspecified atom stereocenters. The Labute approximate surface area is 171 Å². The van der Waals surface area contributed by atoms with Crippen molar-refractivity contribution in [1.82, 2.24) is 10.2 Å². The van der Waals surface area contributed by atoms with Crippen LogP contribution in [-0.4, -0.2) is 68.3 Å². The summed E-state index contributed by atoms with van der Waals surface area (Å²) in [5.41, 5.74) is 6.89. The van der Waals surface area contributed by atoms with Gasteiger partial charge in [0.25, 0.3) is 5.91 Å². The maximum absolute atomic E-state index is 12.3. The van der Waals surface area contributed by atoms with Gasteiger partial charge >= 0.3 is 5.97 Å². The smallest absolute Gasteiger partial charge is 0.329 e. The highest BCUT2D eigenvalue weighted by Crippen LogP contribution is 2.05. The summed E-state index contributed by atoms with van der Waals surface area (Å²) in [6.07, 6.45) is 0. The molecule has 2 rings (SSSR count). The van der Waals surface area contributed by atoms with Crippen molar-refractivity contribution in [3.8, 4) is 23.7 Å². The zero-order chi connectivity index (χ0) is 21.2. The lowest BCUT2D eigenvalue weighted by molar-refractivity contribution is -0.143. The summed E-state index contributed by atoms with van der Waals surface area (Å²) in [5.74, 6) is 10.8. The van der Waals surface area contributed by atoms with Crippen LogP contribution in [-0.2, 0) is 14.3 Å². The zero-order valence-electron chi connectivity index (χ0n) is 17.0. The topological polar surface area (TPSA) is 93.9 Å². The maximum atomic E-state index is 12.3. The molecule has 3 N–H and O–H groups in total. The molecule has 1 fully saturated rings. The molecule has 3 atom stereocenters. The van der Waals surface area contributed by atoms with Gasteiger partial charge in [0, 0.05) is 30.3 Å². The number of hydrogen-bond donors (Lipinski definition) is 2. The lowest BCUT2D eigenvalue weighted by Gasteiger charge is -2.29. The Morgan fingerprint density at radius 1 is 1.17 bits per heavy atom. The lowest BCUT2D eigenvalue weighted by atomic mass is 10.1. The highest BCUT2D eigenvalue weighted by molar-refractivity contribution is 5.97. The van der Waals surface area contributed by atoms with Crippen LogP contribution in [0.4, 0.5) is 0 Å². The van der Waals surface area contributed by atoms with E-state index in [0.29, 0.717) is 5.56 Å². The second kappa shape index (κ2) is 11.2. The Hall–Kier alpha value is -2.84. The normalized spacial score (nSPS) is 16.8. The summed E-state index contributed by atoms with van der Waals surface area (Å²) in [6.45, 7) is 6.92. The number of ether oxygens (including phenoxy) is 2. The summed E-state index contributed by atoms with van der Waals surface area (Å²) in [5, 5.41) is 2.59. The van der Waals surface area contributed by atoms with E-state index in [1.165, 1.54) is 7.11 Å². The van der Waals surface area contributed by atoms with Gasteiger partial charge in [-0.2, -0.15) is 0 Å². The van der Waals surface area contributed by atoms with Gasteiger partial charge in [0.15, 0.2) is 0 Å². The standard InChI is InChI=1S/C22H27N3O4/c1-16(25-12-14-29-15-13-25)6-4-5-7-18-8-10-19(11-9-18)21(26)24-20(17(2)23)22(27)28-3/h8-11,16-17,20H,12-15,23H2,1-3H3,(H,24,26)/t16-,17-,20+/m1/s1. The first-order chi connectivity index (χ1) is 13.9. The molecular formula is C22H27N3O4. The molecule has 0 spiro atoms. The fraction of sp³-hybridized carbons (Fsp3) is 0.455.